The first-order chi connectivity index (χ1) is 13.2. The molecule has 0 aromatic heterocycles. The highest BCUT2D eigenvalue weighted by atomic mass is 32.2. The van der Waals surface area contributed by atoms with E-state index in [4.69, 9.17) is 4.55 Å². The Hall–Kier alpha value is -2.58. The van der Waals surface area contributed by atoms with Gasteiger partial charge in [-0.15, -0.1) is 0 Å². The van der Waals surface area contributed by atoms with Crippen molar-refractivity contribution >= 4 is 27.7 Å². The van der Waals surface area contributed by atoms with Crippen molar-refractivity contribution in [1.29, 1.82) is 0 Å². The number of esters is 1. The van der Waals surface area contributed by atoms with Gasteiger partial charge < -0.3 is 14.8 Å². The van der Waals surface area contributed by atoms with Crippen LogP contribution in [0, 0.1) is 0 Å². The van der Waals surface area contributed by atoms with Crippen LogP contribution < -0.4 is 5.32 Å². The lowest BCUT2D eigenvalue weighted by atomic mass is 10.2. The number of ether oxygens (including phenoxy) is 2. The molecule has 2 N–H and O–H groups in total. The van der Waals surface area contributed by atoms with Gasteiger partial charge in [-0.25, -0.2) is 4.79 Å². The second kappa shape index (κ2) is 8.84. The molecule has 162 valence electrons. The number of nitrogens with one attached hydrogen (secondary N) is 1. The van der Waals surface area contributed by atoms with Gasteiger partial charge in [-0.1, -0.05) is 24.8 Å². The summed E-state index contributed by atoms with van der Waals surface area (Å²) in [5, 5.41) is -3.14. The Labute approximate surface area is 161 Å². The molecule has 0 heterocycles. The average Bonchev–Trinajstić information content (AvgIpc) is 2.59. The van der Waals surface area contributed by atoms with Gasteiger partial charge in [0.05, 0.1) is 13.0 Å². The van der Waals surface area contributed by atoms with Crippen LogP contribution in [-0.4, -0.2) is 48.7 Å². The minimum Gasteiger partial charge on any atom is -0.412 e. The summed E-state index contributed by atoms with van der Waals surface area (Å²) < 4.78 is 105. The Kier molecular flexibility index (Phi) is 7.45. The van der Waals surface area contributed by atoms with Gasteiger partial charge in [0.1, 0.15) is 0 Å². The zero-order valence-electron chi connectivity index (χ0n) is 14.3. The SMILES string of the molecule is C=CC(=O)OC(OCCC(F)(F)S(=O)(=O)O)(C(=O)Nc1ccccc1)C(F)(F)F. The number of hydrogen-bond donors (Lipinski definition) is 2. The molecule has 0 saturated carbocycles. The maximum absolute atomic E-state index is 13.6. The van der Waals surface area contributed by atoms with Crippen molar-refractivity contribution in [3.05, 3.63) is 43.0 Å². The molecule has 1 rings (SSSR count). The lowest BCUT2D eigenvalue weighted by molar-refractivity contribution is -0.345. The Balaban J connectivity index is 3.25. The maximum Gasteiger partial charge on any atom is 0.466 e. The number of para-hydroxylation sites is 1. The molecule has 1 aromatic carbocycles. The summed E-state index contributed by atoms with van der Waals surface area (Å²) in [6.45, 7) is 1.11. The van der Waals surface area contributed by atoms with Crippen molar-refractivity contribution in [3.8, 4) is 0 Å². The van der Waals surface area contributed by atoms with E-state index in [0.717, 1.165) is 0 Å². The smallest absolute Gasteiger partial charge is 0.412 e. The quantitative estimate of drug-likeness (QED) is 0.196. The fourth-order valence-corrected chi connectivity index (χ4v) is 2.11. The molecule has 0 fully saturated rings. The van der Waals surface area contributed by atoms with Gasteiger partial charge in [0.25, 0.3) is 0 Å². The van der Waals surface area contributed by atoms with E-state index < -0.39 is 52.2 Å². The molecule has 14 heteroatoms. The lowest BCUT2D eigenvalue weighted by Crippen LogP contribution is -2.59. The van der Waals surface area contributed by atoms with Crippen LogP contribution in [-0.2, 0) is 29.2 Å². The molecule has 0 aliphatic carbocycles. The summed E-state index contributed by atoms with van der Waals surface area (Å²) in [5.74, 6) is -8.31. The molecule has 0 aliphatic heterocycles. The predicted molar refractivity (Wildman–Crippen MR) is 87.2 cm³/mol. The van der Waals surface area contributed by atoms with Crippen LogP contribution in [0.25, 0.3) is 0 Å². The topological polar surface area (TPSA) is 119 Å². The van der Waals surface area contributed by atoms with Gasteiger partial charge in [-0.05, 0) is 12.1 Å². The third-order valence-electron chi connectivity index (χ3n) is 3.19. The van der Waals surface area contributed by atoms with Gasteiger partial charge in [0.15, 0.2) is 0 Å². The molecular formula is C15H14F5NO7S. The molecule has 8 nitrogen and oxygen atoms in total. The number of rotatable bonds is 9. The zero-order valence-corrected chi connectivity index (χ0v) is 15.1. The van der Waals surface area contributed by atoms with Crippen LogP contribution in [0.1, 0.15) is 6.42 Å². The van der Waals surface area contributed by atoms with Crippen molar-refractivity contribution in [3.63, 3.8) is 0 Å². The fourth-order valence-electron chi connectivity index (χ4n) is 1.77. The van der Waals surface area contributed by atoms with Crippen molar-refractivity contribution in [2.75, 3.05) is 11.9 Å². The summed E-state index contributed by atoms with van der Waals surface area (Å²) in [7, 11) is -5.97. The van der Waals surface area contributed by atoms with Gasteiger partial charge in [-0.3, -0.25) is 9.35 Å². The van der Waals surface area contributed by atoms with Crippen LogP contribution in [0.5, 0.6) is 0 Å². The highest BCUT2D eigenvalue weighted by molar-refractivity contribution is 7.86. The molecular weight excluding hydrogens is 433 g/mol. The summed E-state index contributed by atoms with van der Waals surface area (Å²) in [6, 6.07) is 6.49. The Morgan fingerprint density at radius 3 is 2.14 bits per heavy atom. The first-order valence-electron chi connectivity index (χ1n) is 7.44. The van der Waals surface area contributed by atoms with Crippen molar-refractivity contribution in [2.24, 2.45) is 0 Å². The Morgan fingerprint density at radius 1 is 1.14 bits per heavy atom. The second-order valence-electron chi connectivity index (χ2n) is 5.27. The minimum atomic E-state index is -5.97. The molecule has 0 bridgehead atoms. The minimum absolute atomic E-state index is 0.187. The number of alkyl halides is 5. The fraction of sp³-hybridized carbons (Fsp3) is 0.333. The maximum atomic E-state index is 13.6. The molecule has 1 amide bonds. The van der Waals surface area contributed by atoms with E-state index in [2.05, 4.69) is 16.1 Å². The van der Waals surface area contributed by atoms with Gasteiger partial charge in [0, 0.05) is 11.8 Å². The van der Waals surface area contributed by atoms with Crippen LogP contribution in [0.2, 0.25) is 0 Å². The predicted octanol–water partition coefficient (Wildman–Crippen LogP) is 2.50. The first-order valence-corrected chi connectivity index (χ1v) is 8.88. The molecule has 0 spiro atoms. The van der Waals surface area contributed by atoms with Crippen LogP contribution in [0.3, 0.4) is 0 Å². The Morgan fingerprint density at radius 2 is 1.69 bits per heavy atom. The van der Waals surface area contributed by atoms with Crippen molar-refractivity contribution < 1.29 is 54.0 Å². The molecule has 1 unspecified atom stereocenters. The molecule has 0 saturated heterocycles. The monoisotopic (exact) mass is 447 g/mol. The summed E-state index contributed by atoms with van der Waals surface area (Å²) in [4.78, 5) is 23.6. The average molecular weight is 447 g/mol. The van der Waals surface area contributed by atoms with E-state index in [1.54, 1.807) is 5.32 Å². The van der Waals surface area contributed by atoms with Crippen LogP contribution in [0.4, 0.5) is 27.6 Å². The highest BCUT2D eigenvalue weighted by Gasteiger charge is 2.66. The molecule has 0 aliphatic rings. The van der Waals surface area contributed by atoms with E-state index in [9.17, 15) is 40.0 Å². The first kappa shape index (κ1) is 24.5. The van der Waals surface area contributed by atoms with Gasteiger partial charge in [-0.2, -0.15) is 30.4 Å². The van der Waals surface area contributed by atoms with Gasteiger partial charge in [0.2, 0.25) is 0 Å². The molecule has 29 heavy (non-hydrogen) atoms. The standard InChI is InChI=1S/C15H14F5NO7S/c1-2-11(22)28-14(15(18,19)20,12(23)21-10-6-4-3-5-7-10)27-9-8-13(16,17)29(24,25)26/h2-7H,1,8-9H2,(H,21,23)(H,24,25,26). The van der Waals surface area contributed by atoms with E-state index in [1.165, 1.54) is 30.3 Å². The number of benzene rings is 1. The van der Waals surface area contributed by atoms with E-state index >= 15 is 0 Å². The van der Waals surface area contributed by atoms with Crippen molar-refractivity contribution in [2.45, 2.75) is 23.6 Å². The third-order valence-corrected chi connectivity index (χ3v) is 4.15. The second-order valence-corrected chi connectivity index (χ2v) is 6.82. The van der Waals surface area contributed by atoms with Crippen molar-refractivity contribution in [1.82, 2.24) is 0 Å². The Bertz CT molecular complexity index is 858. The number of halogens is 5. The number of hydrogen-bond acceptors (Lipinski definition) is 6. The third kappa shape index (κ3) is 5.95. The molecule has 1 aromatic rings. The largest absolute Gasteiger partial charge is 0.466 e. The molecule has 1 atom stereocenters. The van der Waals surface area contributed by atoms with E-state index in [-0.39, 0.29) is 11.8 Å². The zero-order chi connectivity index (χ0) is 22.5. The summed E-state index contributed by atoms with van der Waals surface area (Å²) in [5.41, 5.74) is -0.187. The molecule has 0 radical (unpaired) electrons. The van der Waals surface area contributed by atoms with Gasteiger partial charge >= 0.3 is 39.2 Å². The number of carbonyl (C=O) groups is 2. The van der Waals surface area contributed by atoms with Crippen LogP contribution in [0.15, 0.2) is 43.0 Å². The highest BCUT2D eigenvalue weighted by Crippen LogP contribution is 2.37. The van der Waals surface area contributed by atoms with E-state index in [1.807, 2.05) is 0 Å². The summed E-state index contributed by atoms with van der Waals surface area (Å²) in [6.07, 6.45) is -7.50. The number of anilines is 1. The number of amides is 1. The van der Waals surface area contributed by atoms with Crippen LogP contribution >= 0.6 is 0 Å². The summed E-state index contributed by atoms with van der Waals surface area (Å²) >= 11 is 0. The normalized spacial score (nSPS) is 14.6. The van der Waals surface area contributed by atoms with E-state index in [0.29, 0.717) is 0 Å². The number of carbonyl (C=O) groups excluding carboxylic acids is 2. The lowest BCUT2D eigenvalue weighted by Gasteiger charge is -2.33.